The van der Waals surface area contributed by atoms with Gasteiger partial charge in [-0.05, 0) is 31.7 Å². The number of nitrogens with one attached hydrogen (secondary N) is 1. The smallest absolute Gasteiger partial charge is 0.134 e. The Labute approximate surface area is 126 Å². The van der Waals surface area contributed by atoms with Crippen LogP contribution in [0.2, 0.25) is 0 Å². The number of para-hydroxylation sites is 1. The summed E-state index contributed by atoms with van der Waals surface area (Å²) in [6, 6.07) is 8.92. The summed E-state index contributed by atoms with van der Waals surface area (Å²) in [5.74, 6) is 1.55. The lowest BCUT2D eigenvalue weighted by molar-refractivity contribution is 0.0233. The van der Waals surface area contributed by atoms with Crippen molar-refractivity contribution in [3.63, 3.8) is 0 Å². The van der Waals surface area contributed by atoms with Gasteiger partial charge in [-0.15, -0.1) is 0 Å². The van der Waals surface area contributed by atoms with Gasteiger partial charge in [-0.1, -0.05) is 32.0 Å². The minimum Gasteiger partial charge on any atom is -0.459 e. The molecule has 1 saturated carbocycles. The van der Waals surface area contributed by atoms with E-state index in [2.05, 4.69) is 38.2 Å². The van der Waals surface area contributed by atoms with Gasteiger partial charge in [0.2, 0.25) is 0 Å². The summed E-state index contributed by atoms with van der Waals surface area (Å²) in [5.41, 5.74) is 2.16. The molecule has 1 aliphatic carbocycles. The van der Waals surface area contributed by atoms with Crippen LogP contribution in [0.3, 0.4) is 0 Å². The second kappa shape index (κ2) is 6.20. The molecule has 1 N–H and O–H groups in total. The van der Waals surface area contributed by atoms with E-state index in [1.807, 2.05) is 12.1 Å². The van der Waals surface area contributed by atoms with Crippen molar-refractivity contribution in [2.75, 3.05) is 0 Å². The van der Waals surface area contributed by atoms with Crippen LogP contribution in [0.15, 0.2) is 28.7 Å². The molecule has 1 fully saturated rings. The van der Waals surface area contributed by atoms with Gasteiger partial charge < -0.3 is 14.5 Å². The summed E-state index contributed by atoms with van der Waals surface area (Å²) >= 11 is 0. The fourth-order valence-electron chi connectivity index (χ4n) is 2.38. The van der Waals surface area contributed by atoms with Gasteiger partial charge in [-0.3, -0.25) is 0 Å². The van der Waals surface area contributed by atoms with Crippen LogP contribution in [0.5, 0.6) is 0 Å². The standard InChI is InChI=1S/C18H25NO2/c1-12(2)13(3)20-11-16-15-6-4-5-7-17(15)21-18(16)10-19-14-8-9-14/h4-7,12-14,19H,8-11H2,1-3H3. The van der Waals surface area contributed by atoms with Gasteiger partial charge in [-0.2, -0.15) is 0 Å². The molecule has 1 heterocycles. The zero-order valence-corrected chi connectivity index (χ0v) is 13.2. The lowest BCUT2D eigenvalue weighted by atomic mass is 10.1. The van der Waals surface area contributed by atoms with Crippen LogP contribution in [0.4, 0.5) is 0 Å². The molecule has 1 aliphatic rings. The lowest BCUT2D eigenvalue weighted by Gasteiger charge is -2.16. The monoisotopic (exact) mass is 287 g/mol. The maximum atomic E-state index is 6.03. The molecule has 21 heavy (non-hydrogen) atoms. The molecule has 1 aromatic heterocycles. The molecule has 3 nitrogen and oxygen atoms in total. The van der Waals surface area contributed by atoms with Crippen molar-refractivity contribution in [1.82, 2.24) is 5.32 Å². The third kappa shape index (κ3) is 3.47. The van der Waals surface area contributed by atoms with Gasteiger partial charge in [0, 0.05) is 17.0 Å². The molecule has 0 bridgehead atoms. The summed E-state index contributed by atoms with van der Waals surface area (Å²) in [6.07, 6.45) is 2.83. The van der Waals surface area contributed by atoms with E-state index in [9.17, 15) is 0 Å². The molecule has 114 valence electrons. The molecule has 1 aromatic carbocycles. The first kappa shape index (κ1) is 14.6. The lowest BCUT2D eigenvalue weighted by Crippen LogP contribution is -2.18. The summed E-state index contributed by atoms with van der Waals surface area (Å²) in [6.45, 7) is 7.93. The number of benzene rings is 1. The van der Waals surface area contributed by atoms with Gasteiger partial charge in [0.1, 0.15) is 11.3 Å². The van der Waals surface area contributed by atoms with Crippen LogP contribution in [0.1, 0.15) is 44.9 Å². The molecule has 0 aliphatic heterocycles. The van der Waals surface area contributed by atoms with Crippen LogP contribution in [0.25, 0.3) is 11.0 Å². The van der Waals surface area contributed by atoms with Gasteiger partial charge in [-0.25, -0.2) is 0 Å². The summed E-state index contributed by atoms with van der Waals surface area (Å²) in [7, 11) is 0. The molecule has 3 rings (SSSR count). The first-order valence-corrected chi connectivity index (χ1v) is 7.99. The molecule has 0 radical (unpaired) electrons. The fraction of sp³-hybridized carbons (Fsp3) is 0.556. The highest BCUT2D eigenvalue weighted by molar-refractivity contribution is 5.82. The minimum atomic E-state index is 0.253. The normalized spacial score (nSPS) is 16.8. The third-order valence-electron chi connectivity index (χ3n) is 4.34. The maximum Gasteiger partial charge on any atom is 0.134 e. The SMILES string of the molecule is CC(C)C(C)OCc1c(CNC2CC2)oc2ccccc12. The fourth-order valence-corrected chi connectivity index (χ4v) is 2.38. The van der Waals surface area contributed by atoms with Gasteiger partial charge >= 0.3 is 0 Å². The Morgan fingerprint density at radius 1 is 1.24 bits per heavy atom. The second-order valence-corrected chi connectivity index (χ2v) is 6.42. The first-order valence-electron chi connectivity index (χ1n) is 7.99. The first-order chi connectivity index (χ1) is 10.1. The molecule has 0 amide bonds. The number of ether oxygens (including phenoxy) is 1. The minimum absolute atomic E-state index is 0.253. The van der Waals surface area contributed by atoms with E-state index in [4.69, 9.17) is 9.15 Å². The average Bonchev–Trinajstić information content (AvgIpc) is 3.23. The summed E-state index contributed by atoms with van der Waals surface area (Å²) < 4.78 is 12.1. The van der Waals surface area contributed by atoms with Crippen molar-refractivity contribution in [2.24, 2.45) is 5.92 Å². The largest absolute Gasteiger partial charge is 0.459 e. The Kier molecular flexibility index (Phi) is 4.32. The Bertz CT molecular complexity index is 598. The van der Waals surface area contributed by atoms with Crippen molar-refractivity contribution < 1.29 is 9.15 Å². The van der Waals surface area contributed by atoms with Crippen molar-refractivity contribution in [3.05, 3.63) is 35.6 Å². The Morgan fingerprint density at radius 2 is 2.00 bits per heavy atom. The topological polar surface area (TPSA) is 34.4 Å². The summed E-state index contributed by atoms with van der Waals surface area (Å²) in [5, 5.41) is 4.72. The zero-order chi connectivity index (χ0) is 14.8. The third-order valence-corrected chi connectivity index (χ3v) is 4.34. The van der Waals surface area contributed by atoms with Crippen LogP contribution in [-0.2, 0) is 17.9 Å². The van der Waals surface area contributed by atoms with Crippen molar-refractivity contribution in [3.8, 4) is 0 Å². The number of rotatable bonds is 7. The second-order valence-electron chi connectivity index (χ2n) is 6.42. The summed E-state index contributed by atoms with van der Waals surface area (Å²) in [4.78, 5) is 0. The average molecular weight is 287 g/mol. The highest BCUT2D eigenvalue weighted by Crippen LogP contribution is 2.28. The molecule has 1 atom stereocenters. The molecule has 3 heteroatoms. The Hall–Kier alpha value is -1.32. The predicted molar refractivity (Wildman–Crippen MR) is 85.2 cm³/mol. The van der Waals surface area contributed by atoms with Gasteiger partial charge in [0.25, 0.3) is 0 Å². The van der Waals surface area contributed by atoms with Crippen LogP contribution < -0.4 is 5.32 Å². The highest BCUT2D eigenvalue weighted by Gasteiger charge is 2.22. The van der Waals surface area contributed by atoms with Gasteiger partial charge in [0.05, 0.1) is 19.3 Å². The molecule has 1 unspecified atom stereocenters. The van der Waals surface area contributed by atoms with E-state index in [-0.39, 0.29) is 6.10 Å². The predicted octanol–water partition coefficient (Wildman–Crippen LogP) is 4.25. The van der Waals surface area contributed by atoms with E-state index in [0.29, 0.717) is 18.6 Å². The number of hydrogen-bond donors (Lipinski definition) is 1. The highest BCUT2D eigenvalue weighted by atomic mass is 16.5. The number of furan rings is 1. The zero-order valence-electron chi connectivity index (χ0n) is 13.2. The van der Waals surface area contributed by atoms with E-state index >= 15 is 0 Å². The van der Waals surface area contributed by atoms with Crippen molar-refractivity contribution in [1.29, 1.82) is 0 Å². The van der Waals surface area contributed by atoms with Crippen LogP contribution in [-0.4, -0.2) is 12.1 Å². The van der Waals surface area contributed by atoms with E-state index < -0.39 is 0 Å². The van der Waals surface area contributed by atoms with Crippen molar-refractivity contribution >= 4 is 11.0 Å². The molecular formula is C18H25NO2. The number of hydrogen-bond acceptors (Lipinski definition) is 3. The van der Waals surface area contributed by atoms with Crippen LogP contribution >= 0.6 is 0 Å². The van der Waals surface area contributed by atoms with Crippen LogP contribution in [0, 0.1) is 5.92 Å². The molecular weight excluding hydrogens is 262 g/mol. The van der Waals surface area contributed by atoms with E-state index in [1.165, 1.54) is 23.8 Å². The molecule has 0 saturated heterocycles. The molecule has 2 aromatic rings. The maximum absolute atomic E-state index is 6.03. The Morgan fingerprint density at radius 3 is 2.71 bits per heavy atom. The van der Waals surface area contributed by atoms with Crippen molar-refractivity contribution in [2.45, 2.75) is 58.9 Å². The van der Waals surface area contributed by atoms with Gasteiger partial charge in [0.15, 0.2) is 0 Å². The number of fused-ring (bicyclic) bond motifs is 1. The Balaban J connectivity index is 1.80. The molecule has 0 spiro atoms. The quantitative estimate of drug-likeness (QED) is 0.827. The van der Waals surface area contributed by atoms with E-state index in [1.54, 1.807) is 0 Å². The van der Waals surface area contributed by atoms with E-state index in [0.717, 1.165) is 17.9 Å².